The fourth-order valence-electron chi connectivity index (χ4n) is 8.48. The summed E-state index contributed by atoms with van der Waals surface area (Å²) in [7, 11) is 0. The van der Waals surface area contributed by atoms with Gasteiger partial charge >= 0.3 is 0 Å². The van der Waals surface area contributed by atoms with Crippen molar-refractivity contribution >= 4 is 45.5 Å². The molecule has 16 nitrogen and oxygen atoms in total. The zero-order chi connectivity index (χ0) is 45.6. The number of benzene rings is 4. The monoisotopic (exact) mass is 880 g/mol. The lowest BCUT2D eigenvalue weighted by Gasteiger charge is -2.32. The van der Waals surface area contributed by atoms with E-state index in [4.69, 9.17) is 31.1 Å². The number of nitrogens with zero attached hydrogens (tertiary/aromatic N) is 10. The summed E-state index contributed by atoms with van der Waals surface area (Å²) in [4.78, 5) is 45.3. The van der Waals surface area contributed by atoms with Crippen molar-refractivity contribution in [2.75, 3.05) is 37.6 Å². The molecule has 0 aliphatic carbocycles. The van der Waals surface area contributed by atoms with Gasteiger partial charge < -0.3 is 30.7 Å². The second-order valence-electron chi connectivity index (χ2n) is 15.9. The molecule has 2 saturated heterocycles. The highest BCUT2D eigenvalue weighted by Crippen LogP contribution is 2.37. The van der Waals surface area contributed by atoms with Crippen LogP contribution >= 0.6 is 0 Å². The molecule has 8 aromatic rings. The molecule has 0 spiro atoms. The quantitative estimate of drug-likeness (QED) is 0.125. The van der Waals surface area contributed by atoms with Crippen molar-refractivity contribution in [2.24, 2.45) is 0 Å². The molecule has 10 rings (SSSR count). The second kappa shape index (κ2) is 19.1. The zero-order valence-electron chi connectivity index (χ0n) is 36.2. The van der Waals surface area contributed by atoms with E-state index in [2.05, 4.69) is 33.1 Å². The number of amides is 2. The van der Waals surface area contributed by atoms with Crippen LogP contribution in [0.2, 0.25) is 0 Å². The lowest BCUT2D eigenvalue weighted by atomic mass is 10.1. The number of carbonyl (C=O) groups excluding carboxylic acids is 2. The van der Waals surface area contributed by atoms with Gasteiger partial charge in [-0.2, -0.15) is 10.2 Å². The van der Waals surface area contributed by atoms with Gasteiger partial charge in [-0.05, 0) is 111 Å². The molecule has 2 fully saturated rings. The minimum Gasteiger partial charge on any atom is -0.457 e. The van der Waals surface area contributed by atoms with Crippen LogP contribution in [-0.2, 0) is 9.59 Å². The lowest BCUT2D eigenvalue weighted by Crippen LogP contribution is -2.40. The molecule has 66 heavy (non-hydrogen) atoms. The molecule has 16 heteroatoms. The SMILES string of the molecule is C=CC(=O)N1CCC[C@@H](n2nc(-c3ccc(Oc4ccccc4)cc3)c3c(N)ncnc32)C1.C=CC(=O)N1CCC[C@H](n2nc(-c3ccc(Oc4ccccc4)cc3)c3c(N)ncnc32)C1. The number of rotatable bonds is 10. The Kier molecular flexibility index (Phi) is 12.4. The van der Waals surface area contributed by atoms with Gasteiger partial charge in [-0.25, -0.2) is 29.3 Å². The molecule has 2 aliphatic heterocycles. The summed E-state index contributed by atoms with van der Waals surface area (Å²) in [5, 5.41) is 11.2. The van der Waals surface area contributed by atoms with Crippen LogP contribution in [0.3, 0.4) is 0 Å². The van der Waals surface area contributed by atoms with Gasteiger partial charge in [0.05, 0.1) is 22.9 Å². The Morgan fingerprint density at radius 1 is 0.545 bits per heavy atom. The molecule has 332 valence electrons. The van der Waals surface area contributed by atoms with E-state index in [0.717, 1.165) is 59.8 Å². The lowest BCUT2D eigenvalue weighted by molar-refractivity contribution is -0.128. The van der Waals surface area contributed by atoms with Gasteiger partial charge in [-0.15, -0.1) is 0 Å². The Hall–Kier alpha value is -8.40. The van der Waals surface area contributed by atoms with Crippen molar-refractivity contribution in [3.63, 3.8) is 0 Å². The number of anilines is 2. The summed E-state index contributed by atoms with van der Waals surface area (Å²) >= 11 is 0. The van der Waals surface area contributed by atoms with E-state index in [1.165, 1.54) is 24.8 Å². The van der Waals surface area contributed by atoms with E-state index < -0.39 is 0 Å². The number of fused-ring (bicyclic) bond motifs is 2. The number of piperidine rings is 2. The minimum absolute atomic E-state index is 0.00566. The molecule has 0 radical (unpaired) electrons. The fourth-order valence-corrected chi connectivity index (χ4v) is 8.48. The Labute approximate surface area is 380 Å². The van der Waals surface area contributed by atoms with Crippen LogP contribution in [0.15, 0.2) is 147 Å². The topological polar surface area (TPSA) is 198 Å². The number of hydrogen-bond donors (Lipinski definition) is 2. The number of hydrogen-bond acceptors (Lipinski definition) is 12. The number of nitrogens with two attached hydrogens (primary N) is 2. The molecule has 2 amide bonds. The zero-order valence-corrected chi connectivity index (χ0v) is 36.2. The van der Waals surface area contributed by atoms with Crippen LogP contribution in [0, 0.1) is 0 Å². The van der Waals surface area contributed by atoms with E-state index in [9.17, 15) is 9.59 Å². The number of nitrogen functional groups attached to an aromatic ring is 2. The predicted octanol–water partition coefficient (Wildman–Crippen LogP) is 8.43. The van der Waals surface area contributed by atoms with Crippen LogP contribution in [0.1, 0.15) is 37.8 Å². The van der Waals surface area contributed by atoms with Crippen molar-refractivity contribution in [1.29, 1.82) is 0 Å². The molecule has 2 aliphatic rings. The van der Waals surface area contributed by atoms with E-state index >= 15 is 0 Å². The Bertz CT molecular complexity index is 2800. The maximum absolute atomic E-state index is 12.2. The number of carbonyl (C=O) groups is 2. The maximum Gasteiger partial charge on any atom is 0.246 e. The normalized spacial score (nSPS) is 16.0. The molecular formula is C50H48N12O4. The van der Waals surface area contributed by atoms with Crippen LogP contribution in [-0.4, -0.2) is 87.3 Å². The highest BCUT2D eigenvalue weighted by molar-refractivity contribution is 5.99. The van der Waals surface area contributed by atoms with Gasteiger partial charge in [-0.3, -0.25) is 9.59 Å². The summed E-state index contributed by atoms with van der Waals surface area (Å²) in [6, 6.07) is 34.6. The van der Waals surface area contributed by atoms with Crippen molar-refractivity contribution < 1.29 is 19.1 Å². The third-order valence-electron chi connectivity index (χ3n) is 11.7. The van der Waals surface area contributed by atoms with Crippen LogP contribution in [0.4, 0.5) is 11.6 Å². The Morgan fingerprint density at radius 2 is 0.924 bits per heavy atom. The van der Waals surface area contributed by atoms with Gasteiger partial charge in [0.2, 0.25) is 11.8 Å². The van der Waals surface area contributed by atoms with Crippen LogP contribution < -0.4 is 20.9 Å². The minimum atomic E-state index is -0.0699. The fraction of sp³-hybridized carbons (Fsp3) is 0.200. The smallest absolute Gasteiger partial charge is 0.246 e. The summed E-state index contributed by atoms with van der Waals surface area (Å²) in [6.07, 6.45) is 9.16. The summed E-state index contributed by atoms with van der Waals surface area (Å²) in [6.45, 7) is 9.75. The third kappa shape index (κ3) is 9.01. The van der Waals surface area contributed by atoms with Crippen LogP contribution in [0.25, 0.3) is 44.6 Å². The molecule has 0 bridgehead atoms. The average molecular weight is 881 g/mol. The first kappa shape index (κ1) is 42.9. The van der Waals surface area contributed by atoms with Crippen molar-refractivity contribution in [2.45, 2.75) is 37.8 Å². The van der Waals surface area contributed by atoms with E-state index in [-0.39, 0.29) is 23.9 Å². The molecule has 0 unspecified atom stereocenters. The molecule has 4 aromatic carbocycles. The number of ether oxygens (including phenoxy) is 2. The standard InChI is InChI=1S/2C25H24N6O2/c2*1-2-21(32)30-14-6-7-18(15-30)31-25-22(24(26)27-16-28-25)23(29-31)17-10-12-20(13-11-17)33-19-8-4-3-5-9-19/h2*2-5,8-13,16,18H,1,6-7,14-15H2,(H2,26,27,28)/t2*18-/m10/s1. The largest absolute Gasteiger partial charge is 0.457 e. The van der Waals surface area contributed by atoms with E-state index in [1.807, 2.05) is 119 Å². The van der Waals surface area contributed by atoms with Crippen molar-refractivity contribution in [3.8, 4) is 45.5 Å². The van der Waals surface area contributed by atoms with Gasteiger partial charge in [0.1, 0.15) is 58.7 Å². The average Bonchev–Trinajstić information content (AvgIpc) is 3.96. The van der Waals surface area contributed by atoms with E-state index in [1.54, 1.807) is 9.80 Å². The molecule has 4 aromatic heterocycles. The highest BCUT2D eigenvalue weighted by Gasteiger charge is 2.30. The molecular weight excluding hydrogens is 833 g/mol. The van der Waals surface area contributed by atoms with E-state index in [0.29, 0.717) is 71.3 Å². The molecule has 2 atom stereocenters. The maximum atomic E-state index is 12.2. The number of likely N-dealkylation sites (tertiary alicyclic amines) is 2. The third-order valence-corrected chi connectivity index (χ3v) is 11.7. The van der Waals surface area contributed by atoms with Crippen molar-refractivity contribution in [1.82, 2.24) is 49.3 Å². The first-order chi connectivity index (χ1) is 32.3. The summed E-state index contributed by atoms with van der Waals surface area (Å²) < 4.78 is 15.6. The molecule has 4 N–H and O–H groups in total. The highest BCUT2D eigenvalue weighted by atomic mass is 16.5. The summed E-state index contributed by atoms with van der Waals surface area (Å²) in [5.41, 5.74) is 17.0. The van der Waals surface area contributed by atoms with Gasteiger partial charge in [-0.1, -0.05) is 49.6 Å². The Morgan fingerprint density at radius 3 is 1.30 bits per heavy atom. The number of aromatic nitrogens is 8. The van der Waals surface area contributed by atoms with Crippen molar-refractivity contribution in [3.05, 3.63) is 147 Å². The molecule has 0 saturated carbocycles. The predicted molar refractivity (Wildman–Crippen MR) is 253 cm³/mol. The first-order valence-electron chi connectivity index (χ1n) is 21.7. The number of para-hydroxylation sites is 2. The van der Waals surface area contributed by atoms with Gasteiger partial charge in [0, 0.05) is 37.3 Å². The second-order valence-corrected chi connectivity index (χ2v) is 15.9. The first-order valence-corrected chi connectivity index (χ1v) is 21.7. The van der Waals surface area contributed by atoms with Gasteiger partial charge in [0.25, 0.3) is 0 Å². The Balaban J connectivity index is 0.000000166. The van der Waals surface area contributed by atoms with Gasteiger partial charge in [0.15, 0.2) is 11.3 Å². The molecule has 6 heterocycles. The summed E-state index contributed by atoms with van der Waals surface area (Å²) in [5.74, 6) is 3.61. The van der Waals surface area contributed by atoms with Crippen LogP contribution in [0.5, 0.6) is 23.0 Å².